The second-order valence-electron chi connectivity index (χ2n) is 6.82. The Morgan fingerprint density at radius 3 is 2.30 bits per heavy atom. The van der Waals surface area contributed by atoms with Crippen LogP contribution in [0.1, 0.15) is 27.2 Å². The summed E-state index contributed by atoms with van der Waals surface area (Å²) >= 11 is 0. The predicted octanol–water partition coefficient (Wildman–Crippen LogP) is 2.29. The number of likely N-dealkylation sites (tertiary alicyclic amines) is 1. The molecule has 1 aliphatic rings. The van der Waals surface area contributed by atoms with Crippen molar-refractivity contribution in [3.8, 4) is 0 Å². The van der Waals surface area contributed by atoms with Crippen molar-refractivity contribution in [2.75, 3.05) is 31.5 Å². The van der Waals surface area contributed by atoms with Crippen LogP contribution in [0, 0.1) is 11.8 Å². The molecule has 9 heteroatoms. The van der Waals surface area contributed by atoms with Crippen LogP contribution in [0.2, 0.25) is 0 Å². The number of carbonyl (C=O) groups is 2. The van der Waals surface area contributed by atoms with Gasteiger partial charge in [0.25, 0.3) is 0 Å². The van der Waals surface area contributed by atoms with E-state index in [0.717, 1.165) is 0 Å². The van der Waals surface area contributed by atoms with Crippen molar-refractivity contribution in [1.82, 2.24) is 9.21 Å². The Hall–Kier alpha value is -2.13. The number of sulfonamides is 1. The maximum absolute atomic E-state index is 12.5. The summed E-state index contributed by atoms with van der Waals surface area (Å²) in [5, 5.41) is 11.9. The quantitative estimate of drug-likeness (QED) is 0.766. The third-order valence-electron chi connectivity index (χ3n) is 4.74. The molecule has 0 spiro atoms. The van der Waals surface area contributed by atoms with Gasteiger partial charge >= 0.3 is 12.0 Å². The Balaban J connectivity index is 2.08. The second-order valence-corrected chi connectivity index (χ2v) is 8.76. The lowest BCUT2D eigenvalue weighted by atomic mass is 9.91. The Morgan fingerprint density at radius 1 is 1.19 bits per heavy atom. The van der Waals surface area contributed by atoms with E-state index >= 15 is 0 Å². The average Bonchev–Trinajstić information content (AvgIpc) is 2.62. The standard InChI is InChI=1S/C18H27N3O5S/c1-4-21(5-2)27(25,26)16-8-6-15(7-9-16)19-18(24)20-11-13(3)10-14(12-20)17(22)23/h6-9,13-14H,4-5,10-12H2,1-3H3,(H,19,24)(H,22,23). The van der Waals surface area contributed by atoms with Crippen molar-refractivity contribution >= 4 is 27.7 Å². The van der Waals surface area contributed by atoms with Gasteiger partial charge in [0.2, 0.25) is 10.0 Å². The molecule has 27 heavy (non-hydrogen) atoms. The first-order valence-corrected chi connectivity index (χ1v) is 10.5. The number of rotatable bonds is 6. The topological polar surface area (TPSA) is 107 Å². The molecular weight excluding hydrogens is 370 g/mol. The minimum Gasteiger partial charge on any atom is -0.481 e. The number of nitrogens with zero attached hydrogens (tertiary/aromatic N) is 2. The molecule has 0 saturated carbocycles. The molecule has 1 aliphatic heterocycles. The zero-order valence-corrected chi connectivity index (χ0v) is 16.7. The Bertz CT molecular complexity index is 775. The van der Waals surface area contributed by atoms with Crippen LogP contribution in [0.4, 0.5) is 10.5 Å². The van der Waals surface area contributed by atoms with E-state index < -0.39 is 21.9 Å². The SMILES string of the molecule is CCN(CC)S(=O)(=O)c1ccc(NC(=O)N2CC(C)CC(C(=O)O)C2)cc1. The van der Waals surface area contributed by atoms with Crippen LogP contribution < -0.4 is 5.32 Å². The van der Waals surface area contributed by atoms with E-state index in [9.17, 15) is 23.1 Å². The number of hydrogen-bond acceptors (Lipinski definition) is 4. The summed E-state index contributed by atoms with van der Waals surface area (Å²) in [7, 11) is -3.55. The van der Waals surface area contributed by atoms with E-state index in [4.69, 9.17) is 0 Å². The van der Waals surface area contributed by atoms with E-state index in [2.05, 4.69) is 5.32 Å². The zero-order valence-electron chi connectivity index (χ0n) is 15.9. The molecule has 1 aromatic carbocycles. The molecular formula is C18H27N3O5S. The molecule has 2 N–H and O–H groups in total. The minimum atomic E-state index is -3.55. The first-order valence-electron chi connectivity index (χ1n) is 9.08. The third-order valence-corrected chi connectivity index (χ3v) is 6.81. The number of anilines is 1. The Kier molecular flexibility index (Phi) is 6.83. The third kappa shape index (κ3) is 4.98. The fourth-order valence-corrected chi connectivity index (χ4v) is 4.78. The highest BCUT2D eigenvalue weighted by atomic mass is 32.2. The molecule has 0 aliphatic carbocycles. The van der Waals surface area contributed by atoms with Crippen molar-refractivity contribution in [1.29, 1.82) is 0 Å². The first kappa shape index (κ1) is 21.2. The lowest BCUT2D eigenvalue weighted by Crippen LogP contribution is -2.47. The molecule has 8 nitrogen and oxygen atoms in total. The van der Waals surface area contributed by atoms with Gasteiger partial charge in [-0.3, -0.25) is 4.79 Å². The summed E-state index contributed by atoms with van der Waals surface area (Å²) in [5.74, 6) is -1.36. The normalized spacial score (nSPS) is 20.5. The lowest BCUT2D eigenvalue weighted by Gasteiger charge is -2.34. The van der Waals surface area contributed by atoms with Gasteiger partial charge in [-0.15, -0.1) is 0 Å². The van der Waals surface area contributed by atoms with Crippen LogP contribution in [-0.2, 0) is 14.8 Å². The van der Waals surface area contributed by atoms with Crippen molar-refractivity contribution in [2.45, 2.75) is 32.1 Å². The van der Waals surface area contributed by atoms with E-state index in [0.29, 0.717) is 31.7 Å². The number of carboxylic acid groups (broad SMARTS) is 1. The van der Waals surface area contributed by atoms with E-state index in [1.807, 2.05) is 6.92 Å². The number of nitrogens with one attached hydrogen (secondary N) is 1. The molecule has 2 atom stereocenters. The van der Waals surface area contributed by atoms with Crippen molar-refractivity contribution < 1.29 is 23.1 Å². The molecule has 1 heterocycles. The number of hydrogen-bond donors (Lipinski definition) is 2. The number of piperidine rings is 1. The zero-order chi connectivity index (χ0) is 20.2. The maximum Gasteiger partial charge on any atom is 0.321 e. The summed E-state index contributed by atoms with van der Waals surface area (Å²) in [6.45, 7) is 6.90. The van der Waals surface area contributed by atoms with Crippen LogP contribution in [0.5, 0.6) is 0 Å². The van der Waals surface area contributed by atoms with Crippen LogP contribution in [0.3, 0.4) is 0 Å². The molecule has 0 radical (unpaired) electrons. The van der Waals surface area contributed by atoms with Crippen molar-refractivity contribution in [3.63, 3.8) is 0 Å². The van der Waals surface area contributed by atoms with E-state index in [1.54, 1.807) is 13.8 Å². The highest BCUT2D eigenvalue weighted by Gasteiger charge is 2.32. The van der Waals surface area contributed by atoms with Crippen LogP contribution in [0.25, 0.3) is 0 Å². The van der Waals surface area contributed by atoms with Crippen molar-refractivity contribution in [2.24, 2.45) is 11.8 Å². The van der Waals surface area contributed by atoms with Crippen LogP contribution in [-0.4, -0.2) is 60.9 Å². The fraction of sp³-hybridized carbons (Fsp3) is 0.556. The summed E-state index contributed by atoms with van der Waals surface area (Å²) < 4.78 is 26.3. The number of carboxylic acids is 1. The van der Waals surface area contributed by atoms with Gasteiger partial charge in [-0.1, -0.05) is 20.8 Å². The molecule has 2 amide bonds. The predicted molar refractivity (Wildman–Crippen MR) is 102 cm³/mol. The molecule has 0 bridgehead atoms. The van der Waals surface area contributed by atoms with Gasteiger partial charge in [0.15, 0.2) is 0 Å². The smallest absolute Gasteiger partial charge is 0.321 e. The van der Waals surface area contributed by atoms with E-state index in [-0.39, 0.29) is 23.4 Å². The van der Waals surface area contributed by atoms with Gasteiger partial charge in [-0.05, 0) is 36.6 Å². The molecule has 2 unspecified atom stereocenters. The summed E-state index contributed by atoms with van der Waals surface area (Å²) in [4.78, 5) is 25.4. The number of urea groups is 1. The highest BCUT2D eigenvalue weighted by molar-refractivity contribution is 7.89. The minimum absolute atomic E-state index is 0.104. The molecule has 150 valence electrons. The van der Waals surface area contributed by atoms with E-state index in [1.165, 1.54) is 33.5 Å². The number of amides is 2. The van der Waals surface area contributed by atoms with Crippen LogP contribution in [0.15, 0.2) is 29.2 Å². The van der Waals surface area contributed by atoms with Gasteiger partial charge in [-0.2, -0.15) is 4.31 Å². The van der Waals surface area contributed by atoms with Gasteiger partial charge in [-0.25, -0.2) is 13.2 Å². The van der Waals surface area contributed by atoms with Crippen molar-refractivity contribution in [3.05, 3.63) is 24.3 Å². The lowest BCUT2D eigenvalue weighted by molar-refractivity contribution is -0.143. The summed E-state index contributed by atoms with van der Waals surface area (Å²) in [6, 6.07) is 5.61. The number of aliphatic carboxylic acids is 1. The summed E-state index contributed by atoms with van der Waals surface area (Å²) in [5.41, 5.74) is 0.462. The summed E-state index contributed by atoms with van der Waals surface area (Å²) in [6.07, 6.45) is 0.553. The molecule has 2 rings (SSSR count). The molecule has 0 aromatic heterocycles. The maximum atomic E-state index is 12.5. The highest BCUT2D eigenvalue weighted by Crippen LogP contribution is 2.23. The van der Waals surface area contributed by atoms with Gasteiger partial charge in [0.05, 0.1) is 10.8 Å². The first-order chi connectivity index (χ1) is 12.7. The van der Waals surface area contributed by atoms with Gasteiger partial charge in [0, 0.05) is 31.9 Å². The Labute approximate surface area is 160 Å². The van der Waals surface area contributed by atoms with Crippen LogP contribution >= 0.6 is 0 Å². The van der Waals surface area contributed by atoms with Gasteiger partial charge < -0.3 is 15.3 Å². The Morgan fingerprint density at radius 2 is 1.78 bits per heavy atom. The van der Waals surface area contributed by atoms with Gasteiger partial charge in [0.1, 0.15) is 0 Å². The fourth-order valence-electron chi connectivity index (χ4n) is 3.32. The largest absolute Gasteiger partial charge is 0.481 e. The number of carbonyl (C=O) groups excluding carboxylic acids is 1. The second kappa shape index (κ2) is 8.71. The number of benzene rings is 1. The average molecular weight is 397 g/mol. The molecule has 1 fully saturated rings. The monoisotopic (exact) mass is 397 g/mol. The molecule has 1 saturated heterocycles. The molecule has 1 aromatic rings.